The second-order valence-corrected chi connectivity index (χ2v) is 9.63. The number of hydrogen-bond acceptors (Lipinski definition) is 4. The van der Waals surface area contributed by atoms with E-state index in [1.807, 2.05) is 74.2 Å². The third-order valence-corrected chi connectivity index (χ3v) is 7.28. The van der Waals surface area contributed by atoms with E-state index in [4.69, 9.17) is 0 Å². The summed E-state index contributed by atoms with van der Waals surface area (Å²) < 4.78 is 26.9. The van der Waals surface area contributed by atoms with Gasteiger partial charge in [0.15, 0.2) is 0 Å². The first-order valence-electron chi connectivity index (χ1n) is 9.90. The summed E-state index contributed by atoms with van der Waals surface area (Å²) >= 11 is 0. The highest BCUT2D eigenvalue weighted by molar-refractivity contribution is 7.88. The third kappa shape index (κ3) is 5.44. The van der Waals surface area contributed by atoms with E-state index >= 15 is 0 Å². The lowest BCUT2D eigenvalue weighted by Crippen LogP contribution is -2.54. The van der Waals surface area contributed by atoms with Crippen LogP contribution in [0, 0.1) is 13.8 Å². The van der Waals surface area contributed by atoms with E-state index in [9.17, 15) is 13.2 Å². The molecule has 0 radical (unpaired) electrons. The van der Waals surface area contributed by atoms with Gasteiger partial charge in [-0.3, -0.25) is 9.69 Å². The Labute approximate surface area is 173 Å². The monoisotopic (exact) mass is 415 g/mol. The summed E-state index contributed by atoms with van der Waals surface area (Å²) in [7, 11) is -3.36. The number of sulfonamides is 1. The highest BCUT2D eigenvalue weighted by Crippen LogP contribution is 2.18. The Morgan fingerprint density at radius 1 is 1.03 bits per heavy atom. The van der Waals surface area contributed by atoms with Crippen LogP contribution in [0.2, 0.25) is 0 Å². The van der Waals surface area contributed by atoms with Gasteiger partial charge in [0.1, 0.15) is 0 Å². The highest BCUT2D eigenvalue weighted by Gasteiger charge is 2.31. The molecule has 1 heterocycles. The van der Waals surface area contributed by atoms with Gasteiger partial charge in [-0.2, -0.15) is 4.31 Å². The van der Waals surface area contributed by atoms with Crippen molar-refractivity contribution in [2.24, 2.45) is 0 Å². The van der Waals surface area contributed by atoms with Crippen molar-refractivity contribution in [2.75, 3.05) is 31.5 Å². The van der Waals surface area contributed by atoms with Crippen LogP contribution in [0.3, 0.4) is 0 Å². The number of carbonyl (C=O) groups is 1. The quantitative estimate of drug-likeness (QED) is 0.788. The molecule has 1 N–H and O–H groups in total. The van der Waals surface area contributed by atoms with E-state index in [2.05, 4.69) is 5.32 Å². The number of hydrogen-bond donors (Lipinski definition) is 1. The van der Waals surface area contributed by atoms with Crippen LogP contribution < -0.4 is 5.32 Å². The molecule has 0 unspecified atom stereocenters. The first kappa shape index (κ1) is 21.5. The molecule has 3 rings (SSSR count). The molecule has 6 nitrogen and oxygen atoms in total. The molecule has 29 heavy (non-hydrogen) atoms. The number of nitrogens with one attached hydrogen (secondary N) is 1. The molecule has 156 valence electrons. The molecule has 7 heteroatoms. The summed E-state index contributed by atoms with van der Waals surface area (Å²) in [6.45, 7) is 7.74. The Balaban J connectivity index is 1.56. The second-order valence-electron chi connectivity index (χ2n) is 7.66. The summed E-state index contributed by atoms with van der Waals surface area (Å²) in [4.78, 5) is 14.7. The van der Waals surface area contributed by atoms with Crippen LogP contribution in [0.4, 0.5) is 5.69 Å². The number of rotatable bonds is 6. The molecule has 0 spiro atoms. The third-order valence-electron chi connectivity index (χ3n) is 5.43. The van der Waals surface area contributed by atoms with Gasteiger partial charge in [-0.1, -0.05) is 48.0 Å². The van der Waals surface area contributed by atoms with E-state index in [0.29, 0.717) is 26.2 Å². The minimum atomic E-state index is -3.36. The Morgan fingerprint density at radius 3 is 2.31 bits per heavy atom. The van der Waals surface area contributed by atoms with E-state index in [0.717, 1.165) is 22.4 Å². The van der Waals surface area contributed by atoms with Crippen molar-refractivity contribution in [1.29, 1.82) is 0 Å². The second kappa shape index (κ2) is 9.07. The average Bonchev–Trinajstić information content (AvgIpc) is 2.70. The molecule has 2 aromatic carbocycles. The van der Waals surface area contributed by atoms with Gasteiger partial charge in [0.25, 0.3) is 0 Å². The number of amides is 1. The van der Waals surface area contributed by atoms with Crippen LogP contribution in [-0.2, 0) is 20.6 Å². The zero-order valence-electron chi connectivity index (χ0n) is 17.3. The minimum absolute atomic E-state index is 0.0105. The molecular weight excluding hydrogens is 386 g/mol. The molecule has 0 bridgehead atoms. The van der Waals surface area contributed by atoms with Gasteiger partial charge in [0.2, 0.25) is 15.9 Å². The lowest BCUT2D eigenvalue weighted by molar-refractivity contribution is -0.121. The van der Waals surface area contributed by atoms with Crippen molar-refractivity contribution in [3.63, 3.8) is 0 Å². The summed E-state index contributed by atoms with van der Waals surface area (Å²) in [6, 6.07) is 14.8. The smallest absolute Gasteiger partial charge is 0.241 e. The topological polar surface area (TPSA) is 69.7 Å². The van der Waals surface area contributed by atoms with E-state index in [1.54, 1.807) is 0 Å². The van der Waals surface area contributed by atoms with Crippen LogP contribution in [-0.4, -0.2) is 55.8 Å². The van der Waals surface area contributed by atoms with Crippen LogP contribution in [0.15, 0.2) is 48.5 Å². The molecule has 1 atom stereocenters. The van der Waals surface area contributed by atoms with Gasteiger partial charge in [0.05, 0.1) is 11.8 Å². The number of nitrogens with zero attached hydrogens (tertiary/aromatic N) is 2. The maximum Gasteiger partial charge on any atom is 0.241 e. The van der Waals surface area contributed by atoms with E-state index in [1.165, 1.54) is 4.31 Å². The first-order valence-corrected chi connectivity index (χ1v) is 11.5. The van der Waals surface area contributed by atoms with Crippen molar-refractivity contribution >= 4 is 21.6 Å². The van der Waals surface area contributed by atoms with Crippen molar-refractivity contribution < 1.29 is 13.2 Å². The van der Waals surface area contributed by atoms with Crippen LogP contribution in [0.25, 0.3) is 0 Å². The molecule has 0 aliphatic carbocycles. The van der Waals surface area contributed by atoms with Crippen molar-refractivity contribution in [3.8, 4) is 0 Å². The zero-order chi connectivity index (χ0) is 21.0. The fraction of sp³-hybridized carbons (Fsp3) is 0.409. The molecule has 2 aromatic rings. The molecule has 0 aromatic heterocycles. The van der Waals surface area contributed by atoms with Crippen LogP contribution in [0.1, 0.15) is 23.6 Å². The maximum atomic E-state index is 12.7. The Hall–Kier alpha value is -2.22. The first-order chi connectivity index (χ1) is 13.8. The molecule has 1 aliphatic heterocycles. The van der Waals surface area contributed by atoms with Gasteiger partial charge in [-0.05, 0) is 38.0 Å². The number of piperazine rings is 1. The summed E-state index contributed by atoms with van der Waals surface area (Å²) in [5.41, 5.74) is 3.79. The average molecular weight is 416 g/mol. The van der Waals surface area contributed by atoms with Gasteiger partial charge < -0.3 is 5.32 Å². The predicted octanol–water partition coefficient (Wildman–Crippen LogP) is 2.78. The fourth-order valence-electron chi connectivity index (χ4n) is 3.60. The zero-order valence-corrected chi connectivity index (χ0v) is 18.1. The van der Waals surface area contributed by atoms with Gasteiger partial charge >= 0.3 is 0 Å². The molecular formula is C22H29N3O3S. The number of aryl methyl sites for hydroxylation is 2. The maximum absolute atomic E-state index is 12.7. The SMILES string of the molecule is Cc1ccc(NC(=O)[C@H](C)N2CCN(S(=O)(=O)Cc3ccccc3)CC2)c(C)c1. The Kier molecular flexibility index (Phi) is 6.72. The Morgan fingerprint density at radius 2 is 1.69 bits per heavy atom. The van der Waals surface area contributed by atoms with Gasteiger partial charge in [0, 0.05) is 31.9 Å². The minimum Gasteiger partial charge on any atom is -0.324 e. The molecule has 1 fully saturated rings. The lowest BCUT2D eigenvalue weighted by Gasteiger charge is -2.36. The van der Waals surface area contributed by atoms with Crippen LogP contribution in [0.5, 0.6) is 0 Å². The van der Waals surface area contributed by atoms with Gasteiger partial charge in [-0.15, -0.1) is 0 Å². The Bertz CT molecular complexity index is 953. The summed E-state index contributed by atoms with van der Waals surface area (Å²) in [5, 5.41) is 3.00. The molecule has 0 saturated carbocycles. The van der Waals surface area contributed by atoms with Crippen molar-refractivity contribution in [3.05, 3.63) is 65.2 Å². The van der Waals surface area contributed by atoms with Crippen LogP contribution >= 0.6 is 0 Å². The van der Waals surface area contributed by atoms with Gasteiger partial charge in [-0.25, -0.2) is 8.42 Å². The number of benzene rings is 2. The van der Waals surface area contributed by atoms with Crippen molar-refractivity contribution in [2.45, 2.75) is 32.6 Å². The van der Waals surface area contributed by atoms with Crippen molar-refractivity contribution in [1.82, 2.24) is 9.21 Å². The molecule has 1 aliphatic rings. The number of carbonyl (C=O) groups excluding carboxylic acids is 1. The number of anilines is 1. The standard InChI is InChI=1S/C22H29N3O3S/c1-17-9-10-21(18(2)15-17)23-22(26)19(3)24-11-13-25(14-12-24)29(27,28)16-20-7-5-4-6-8-20/h4-10,15,19H,11-14,16H2,1-3H3,(H,23,26)/t19-/m0/s1. The van der Waals surface area contributed by atoms with E-state index < -0.39 is 10.0 Å². The molecule has 1 amide bonds. The van der Waals surface area contributed by atoms with E-state index in [-0.39, 0.29) is 17.7 Å². The predicted molar refractivity (Wildman–Crippen MR) is 116 cm³/mol. The normalized spacial score (nSPS) is 17.1. The molecule has 1 saturated heterocycles. The summed E-state index contributed by atoms with van der Waals surface area (Å²) in [5.74, 6) is -0.0612. The lowest BCUT2D eigenvalue weighted by atomic mass is 10.1. The largest absolute Gasteiger partial charge is 0.324 e. The fourth-order valence-corrected chi connectivity index (χ4v) is 5.12. The highest BCUT2D eigenvalue weighted by atomic mass is 32.2. The summed E-state index contributed by atoms with van der Waals surface area (Å²) in [6.07, 6.45) is 0.